The van der Waals surface area contributed by atoms with Crippen LogP contribution in [0, 0.1) is 6.92 Å². The van der Waals surface area contributed by atoms with Crippen LogP contribution in [0.25, 0.3) is 0 Å². The minimum absolute atomic E-state index is 0.0553. The molecule has 1 fully saturated rings. The lowest BCUT2D eigenvalue weighted by Gasteiger charge is -2.30. The van der Waals surface area contributed by atoms with Gasteiger partial charge < -0.3 is 10.1 Å². The molecule has 1 saturated heterocycles. The Balaban J connectivity index is 1.71. The van der Waals surface area contributed by atoms with Gasteiger partial charge in [0.2, 0.25) is 5.91 Å². The summed E-state index contributed by atoms with van der Waals surface area (Å²) >= 11 is 0. The molecule has 0 saturated carbocycles. The summed E-state index contributed by atoms with van der Waals surface area (Å²) in [6.45, 7) is 3.39. The summed E-state index contributed by atoms with van der Waals surface area (Å²) in [4.78, 5) is 15.0. The number of nitrogens with one attached hydrogen (secondary N) is 1. The number of methoxy groups -OCH3 is 1. The Morgan fingerprint density at radius 1 is 1.12 bits per heavy atom. The van der Waals surface area contributed by atoms with E-state index in [1.807, 2.05) is 43.3 Å². The van der Waals surface area contributed by atoms with E-state index in [0.717, 1.165) is 36.4 Å². The number of ether oxygens (including phenoxy) is 1. The van der Waals surface area contributed by atoms with Crippen LogP contribution >= 0.6 is 0 Å². The second-order valence-electron chi connectivity index (χ2n) is 6.97. The van der Waals surface area contributed by atoms with Crippen LogP contribution in [-0.2, 0) is 4.79 Å². The molecule has 1 aliphatic heterocycles. The van der Waals surface area contributed by atoms with Crippen LogP contribution in [0.15, 0.2) is 48.5 Å². The topological polar surface area (TPSA) is 41.6 Å². The van der Waals surface area contributed by atoms with Crippen LogP contribution in [0.2, 0.25) is 0 Å². The maximum Gasteiger partial charge on any atom is 0.238 e. The predicted octanol–water partition coefficient (Wildman–Crippen LogP) is 4.56. The zero-order valence-electron chi connectivity index (χ0n) is 15.7. The second-order valence-corrected chi connectivity index (χ2v) is 6.97. The summed E-state index contributed by atoms with van der Waals surface area (Å²) in [5.41, 5.74) is 3.24. The van der Waals surface area contributed by atoms with Crippen LogP contribution in [-0.4, -0.2) is 31.0 Å². The normalized spacial score (nSPS) is 18.2. The molecule has 26 heavy (non-hydrogen) atoms. The molecule has 0 bridgehead atoms. The number of carbonyl (C=O) groups is 1. The number of benzene rings is 2. The van der Waals surface area contributed by atoms with Crippen molar-refractivity contribution in [1.29, 1.82) is 0 Å². The fraction of sp³-hybridized carbons (Fsp3) is 0.409. The van der Waals surface area contributed by atoms with E-state index in [4.69, 9.17) is 4.74 Å². The number of para-hydroxylation sites is 1. The molecule has 4 nitrogen and oxygen atoms in total. The summed E-state index contributed by atoms with van der Waals surface area (Å²) < 4.78 is 5.27. The number of rotatable bonds is 5. The minimum atomic E-state index is 0.0553. The fourth-order valence-corrected chi connectivity index (χ4v) is 3.65. The lowest BCUT2D eigenvalue weighted by Crippen LogP contribution is -2.36. The predicted molar refractivity (Wildman–Crippen MR) is 106 cm³/mol. The SMILES string of the molecule is COc1ccc(C2CCCCCN2CC(=O)Nc2ccccc2C)cc1. The smallest absolute Gasteiger partial charge is 0.238 e. The first-order chi connectivity index (χ1) is 12.7. The van der Waals surface area contributed by atoms with Crippen molar-refractivity contribution < 1.29 is 9.53 Å². The molecule has 1 atom stereocenters. The van der Waals surface area contributed by atoms with Gasteiger partial charge >= 0.3 is 0 Å². The van der Waals surface area contributed by atoms with Crippen LogP contribution < -0.4 is 10.1 Å². The van der Waals surface area contributed by atoms with Gasteiger partial charge in [0.1, 0.15) is 5.75 Å². The number of hydrogen-bond acceptors (Lipinski definition) is 3. The van der Waals surface area contributed by atoms with Crippen molar-refractivity contribution in [2.45, 2.75) is 38.6 Å². The quantitative estimate of drug-likeness (QED) is 0.858. The first-order valence-corrected chi connectivity index (χ1v) is 9.41. The number of anilines is 1. The van der Waals surface area contributed by atoms with Crippen molar-refractivity contribution in [2.24, 2.45) is 0 Å². The molecule has 138 valence electrons. The van der Waals surface area contributed by atoms with E-state index in [0.29, 0.717) is 6.54 Å². The molecular formula is C22H28N2O2. The fourth-order valence-electron chi connectivity index (χ4n) is 3.65. The first kappa shape index (κ1) is 18.5. The molecule has 1 N–H and O–H groups in total. The summed E-state index contributed by atoms with van der Waals surface area (Å²) in [7, 11) is 1.68. The lowest BCUT2D eigenvalue weighted by atomic mass is 10.0. The summed E-state index contributed by atoms with van der Waals surface area (Å²) in [6, 6.07) is 16.5. The van der Waals surface area contributed by atoms with Crippen molar-refractivity contribution in [2.75, 3.05) is 25.5 Å². The lowest BCUT2D eigenvalue weighted by molar-refractivity contribution is -0.117. The number of likely N-dealkylation sites (tertiary alicyclic amines) is 1. The van der Waals surface area contributed by atoms with Gasteiger partial charge in [0.15, 0.2) is 0 Å². The van der Waals surface area contributed by atoms with E-state index >= 15 is 0 Å². The maximum absolute atomic E-state index is 12.6. The van der Waals surface area contributed by atoms with E-state index in [-0.39, 0.29) is 11.9 Å². The molecule has 1 aliphatic rings. The summed E-state index contributed by atoms with van der Waals surface area (Å²) in [6.07, 6.45) is 4.66. The summed E-state index contributed by atoms with van der Waals surface area (Å²) in [5, 5.41) is 3.07. The Labute approximate surface area is 156 Å². The van der Waals surface area contributed by atoms with Crippen LogP contribution in [0.1, 0.15) is 42.9 Å². The molecule has 1 heterocycles. The number of hydrogen-bond donors (Lipinski definition) is 1. The van der Waals surface area contributed by atoms with Crippen LogP contribution in [0.4, 0.5) is 5.69 Å². The molecule has 0 aliphatic carbocycles. The molecule has 0 radical (unpaired) electrons. The summed E-state index contributed by atoms with van der Waals surface area (Å²) in [5.74, 6) is 0.922. The monoisotopic (exact) mass is 352 g/mol. The van der Waals surface area contributed by atoms with E-state index in [9.17, 15) is 4.79 Å². The van der Waals surface area contributed by atoms with Gasteiger partial charge in [-0.3, -0.25) is 9.69 Å². The van der Waals surface area contributed by atoms with Gasteiger partial charge in [-0.2, -0.15) is 0 Å². The van der Waals surface area contributed by atoms with Crippen molar-refractivity contribution in [3.05, 3.63) is 59.7 Å². The Hall–Kier alpha value is -2.33. The Morgan fingerprint density at radius 3 is 2.62 bits per heavy atom. The largest absolute Gasteiger partial charge is 0.497 e. The Kier molecular flexibility index (Phi) is 6.29. The van der Waals surface area contributed by atoms with Crippen molar-refractivity contribution >= 4 is 11.6 Å². The Morgan fingerprint density at radius 2 is 1.88 bits per heavy atom. The van der Waals surface area contributed by atoms with Gasteiger partial charge in [0.05, 0.1) is 13.7 Å². The molecule has 2 aromatic carbocycles. The number of carbonyl (C=O) groups excluding carboxylic acids is 1. The molecule has 1 unspecified atom stereocenters. The molecule has 3 rings (SSSR count). The average molecular weight is 352 g/mol. The molecular weight excluding hydrogens is 324 g/mol. The van der Waals surface area contributed by atoms with Gasteiger partial charge in [0.25, 0.3) is 0 Å². The van der Waals surface area contributed by atoms with E-state index < -0.39 is 0 Å². The van der Waals surface area contributed by atoms with Gasteiger partial charge in [-0.15, -0.1) is 0 Å². The molecule has 1 amide bonds. The Bertz CT molecular complexity index is 727. The number of amides is 1. The third kappa shape index (κ3) is 4.64. The van der Waals surface area contributed by atoms with E-state index in [1.54, 1.807) is 7.11 Å². The highest BCUT2D eigenvalue weighted by molar-refractivity contribution is 5.92. The van der Waals surface area contributed by atoms with Gasteiger partial charge in [0, 0.05) is 11.7 Å². The second kappa shape index (κ2) is 8.86. The molecule has 4 heteroatoms. The van der Waals surface area contributed by atoms with Crippen molar-refractivity contribution in [3.8, 4) is 5.75 Å². The van der Waals surface area contributed by atoms with Gasteiger partial charge in [-0.1, -0.05) is 43.2 Å². The molecule has 0 spiro atoms. The van der Waals surface area contributed by atoms with Crippen molar-refractivity contribution in [3.63, 3.8) is 0 Å². The van der Waals surface area contributed by atoms with Gasteiger partial charge in [-0.05, 0) is 55.6 Å². The minimum Gasteiger partial charge on any atom is -0.497 e. The highest BCUT2D eigenvalue weighted by Gasteiger charge is 2.24. The third-order valence-corrected chi connectivity index (χ3v) is 5.13. The highest BCUT2D eigenvalue weighted by atomic mass is 16.5. The zero-order valence-corrected chi connectivity index (χ0v) is 15.7. The van der Waals surface area contributed by atoms with Crippen molar-refractivity contribution in [1.82, 2.24) is 4.90 Å². The van der Waals surface area contributed by atoms with E-state index in [1.165, 1.54) is 18.4 Å². The van der Waals surface area contributed by atoms with Crippen LogP contribution in [0.3, 0.4) is 0 Å². The van der Waals surface area contributed by atoms with Crippen LogP contribution in [0.5, 0.6) is 5.75 Å². The van der Waals surface area contributed by atoms with E-state index in [2.05, 4.69) is 22.3 Å². The first-order valence-electron chi connectivity index (χ1n) is 9.41. The number of nitrogens with zero attached hydrogens (tertiary/aromatic N) is 1. The molecule has 0 aromatic heterocycles. The highest BCUT2D eigenvalue weighted by Crippen LogP contribution is 2.31. The zero-order chi connectivity index (χ0) is 18.4. The maximum atomic E-state index is 12.6. The van der Waals surface area contributed by atoms with Gasteiger partial charge in [-0.25, -0.2) is 0 Å². The average Bonchev–Trinajstić information content (AvgIpc) is 2.89. The molecule has 2 aromatic rings. The standard InChI is InChI=1S/C22H28N2O2/c1-17-8-5-6-9-20(17)23-22(25)16-24-15-7-3-4-10-21(24)18-11-13-19(26-2)14-12-18/h5-6,8-9,11-14,21H,3-4,7,10,15-16H2,1-2H3,(H,23,25). The number of aryl methyl sites for hydroxylation is 1. The third-order valence-electron chi connectivity index (χ3n) is 5.13.